The van der Waals surface area contributed by atoms with Crippen molar-refractivity contribution in [2.75, 3.05) is 14.2 Å². The highest BCUT2D eigenvalue weighted by Gasteiger charge is 2.16. The van der Waals surface area contributed by atoms with Crippen molar-refractivity contribution in [3.63, 3.8) is 0 Å². The molecule has 0 bridgehead atoms. The largest absolute Gasteiger partial charge is 0.493 e. The van der Waals surface area contributed by atoms with Crippen LogP contribution in [-0.2, 0) is 6.54 Å². The highest BCUT2D eigenvalue weighted by molar-refractivity contribution is 9.10. The molecule has 4 nitrogen and oxygen atoms in total. The Kier molecular flexibility index (Phi) is 8.10. The molecular weight excluding hydrogens is 428 g/mol. The molecule has 0 saturated carbocycles. The summed E-state index contributed by atoms with van der Waals surface area (Å²) in [7, 11) is 3.28. The first kappa shape index (κ1) is 21.2. The maximum absolute atomic E-state index is 5.42. The quantitative estimate of drug-likeness (QED) is 0.541. The summed E-state index contributed by atoms with van der Waals surface area (Å²) in [6.45, 7) is 0.650. The third-order valence-corrected chi connectivity index (χ3v) is 4.90. The molecule has 6 heteroatoms. The number of rotatable bonds is 7. The molecular formula is C21H22BrClN2O2. The van der Waals surface area contributed by atoms with Gasteiger partial charge in [-0.2, -0.15) is 0 Å². The van der Waals surface area contributed by atoms with E-state index in [9.17, 15) is 0 Å². The topological polar surface area (TPSA) is 43.4 Å². The second-order valence-corrected chi connectivity index (χ2v) is 6.63. The van der Waals surface area contributed by atoms with Gasteiger partial charge in [0.2, 0.25) is 0 Å². The lowest BCUT2D eigenvalue weighted by Crippen LogP contribution is -2.23. The van der Waals surface area contributed by atoms with Crippen LogP contribution in [0.15, 0.2) is 71.3 Å². The van der Waals surface area contributed by atoms with Crippen LogP contribution in [0.1, 0.15) is 22.9 Å². The Morgan fingerprint density at radius 1 is 0.963 bits per heavy atom. The van der Waals surface area contributed by atoms with Crippen LogP contribution in [0.2, 0.25) is 0 Å². The average molecular weight is 450 g/mol. The van der Waals surface area contributed by atoms with Crippen molar-refractivity contribution in [2.45, 2.75) is 12.6 Å². The van der Waals surface area contributed by atoms with Gasteiger partial charge in [0, 0.05) is 17.2 Å². The van der Waals surface area contributed by atoms with Crippen LogP contribution in [0, 0.1) is 0 Å². The molecule has 0 saturated heterocycles. The molecule has 3 aromatic rings. The third kappa shape index (κ3) is 5.22. The summed E-state index contributed by atoms with van der Waals surface area (Å²) in [6.07, 6.45) is 1.82. The number of hydrogen-bond acceptors (Lipinski definition) is 4. The molecule has 1 aromatic heterocycles. The maximum atomic E-state index is 5.42. The molecule has 1 N–H and O–H groups in total. The Bertz CT molecular complexity index is 808. The second kappa shape index (κ2) is 10.3. The second-order valence-electron chi connectivity index (χ2n) is 5.78. The van der Waals surface area contributed by atoms with E-state index in [1.807, 2.05) is 54.7 Å². The van der Waals surface area contributed by atoms with Gasteiger partial charge in [-0.05, 0) is 35.4 Å². The van der Waals surface area contributed by atoms with E-state index < -0.39 is 0 Å². The van der Waals surface area contributed by atoms with E-state index in [-0.39, 0.29) is 18.4 Å². The van der Waals surface area contributed by atoms with E-state index in [1.54, 1.807) is 14.2 Å². The number of aromatic nitrogens is 1. The van der Waals surface area contributed by atoms with Gasteiger partial charge in [-0.15, -0.1) is 12.4 Å². The van der Waals surface area contributed by atoms with Crippen LogP contribution in [0.3, 0.4) is 0 Å². The monoisotopic (exact) mass is 448 g/mol. The predicted molar refractivity (Wildman–Crippen MR) is 114 cm³/mol. The van der Waals surface area contributed by atoms with E-state index in [1.165, 1.54) is 5.56 Å². The fourth-order valence-electron chi connectivity index (χ4n) is 2.83. The zero-order valence-corrected chi connectivity index (χ0v) is 17.6. The van der Waals surface area contributed by atoms with Crippen LogP contribution in [0.4, 0.5) is 0 Å². The van der Waals surface area contributed by atoms with Gasteiger partial charge >= 0.3 is 0 Å². The van der Waals surface area contributed by atoms with E-state index in [4.69, 9.17) is 9.47 Å². The maximum Gasteiger partial charge on any atom is 0.161 e. The highest BCUT2D eigenvalue weighted by Crippen LogP contribution is 2.33. The molecule has 0 aliphatic rings. The fourth-order valence-corrected chi connectivity index (χ4v) is 3.29. The van der Waals surface area contributed by atoms with E-state index in [0.29, 0.717) is 18.0 Å². The first-order valence-corrected chi connectivity index (χ1v) is 9.12. The van der Waals surface area contributed by atoms with Crippen LogP contribution >= 0.6 is 28.3 Å². The summed E-state index contributed by atoms with van der Waals surface area (Å²) in [6, 6.07) is 20.2. The first-order chi connectivity index (χ1) is 12.7. The number of pyridine rings is 1. The zero-order valence-electron chi connectivity index (χ0n) is 15.2. The van der Waals surface area contributed by atoms with E-state index in [0.717, 1.165) is 15.7 Å². The lowest BCUT2D eigenvalue weighted by atomic mass is 10.0. The minimum Gasteiger partial charge on any atom is -0.493 e. The molecule has 0 fully saturated rings. The minimum atomic E-state index is -0.00241. The van der Waals surface area contributed by atoms with Crippen LogP contribution in [-0.4, -0.2) is 19.2 Å². The van der Waals surface area contributed by atoms with Gasteiger partial charge < -0.3 is 14.8 Å². The van der Waals surface area contributed by atoms with Crippen LogP contribution < -0.4 is 14.8 Å². The Hall–Kier alpha value is -2.08. The van der Waals surface area contributed by atoms with Crippen LogP contribution in [0.5, 0.6) is 11.5 Å². The summed E-state index contributed by atoms with van der Waals surface area (Å²) < 4.78 is 11.7. The molecule has 0 radical (unpaired) electrons. The average Bonchev–Trinajstić information content (AvgIpc) is 2.70. The van der Waals surface area contributed by atoms with Crippen molar-refractivity contribution in [1.29, 1.82) is 0 Å². The van der Waals surface area contributed by atoms with Crippen molar-refractivity contribution >= 4 is 28.3 Å². The molecule has 0 amide bonds. The van der Waals surface area contributed by atoms with Gasteiger partial charge in [-0.1, -0.05) is 52.3 Å². The lowest BCUT2D eigenvalue weighted by molar-refractivity contribution is 0.354. The number of nitrogens with zero attached hydrogens (tertiary/aromatic N) is 1. The number of hydrogen-bond donors (Lipinski definition) is 1. The normalized spacial score (nSPS) is 11.4. The summed E-state index contributed by atoms with van der Waals surface area (Å²) in [5, 5.41) is 3.61. The summed E-state index contributed by atoms with van der Waals surface area (Å²) in [4.78, 5) is 4.53. The first-order valence-electron chi connectivity index (χ1n) is 8.32. The summed E-state index contributed by atoms with van der Waals surface area (Å²) in [5.74, 6) is 1.41. The predicted octanol–water partition coefficient (Wildman–Crippen LogP) is 5.16. The third-order valence-electron chi connectivity index (χ3n) is 4.17. The smallest absolute Gasteiger partial charge is 0.161 e. The lowest BCUT2D eigenvalue weighted by Gasteiger charge is -2.20. The minimum absolute atomic E-state index is 0. The molecule has 3 rings (SSSR count). The number of nitrogens with one attached hydrogen (secondary N) is 1. The highest BCUT2D eigenvalue weighted by atomic mass is 79.9. The van der Waals surface area contributed by atoms with Crippen molar-refractivity contribution in [1.82, 2.24) is 10.3 Å². The standard InChI is InChI=1S/C21H21BrN2O2.ClH/c1-25-19-12-16(17(22)13-20(19)26-2)14-24-21(15-8-4-3-5-9-15)18-10-6-7-11-23-18;/h3-13,21,24H,14H2,1-2H3;1H. The van der Waals surface area contributed by atoms with E-state index in [2.05, 4.69) is 38.4 Å². The zero-order chi connectivity index (χ0) is 18.4. The van der Waals surface area contributed by atoms with Crippen molar-refractivity contribution in [3.05, 3.63) is 88.2 Å². The van der Waals surface area contributed by atoms with Gasteiger partial charge in [0.15, 0.2) is 11.5 Å². The molecule has 1 heterocycles. The number of ether oxygens (including phenoxy) is 2. The molecule has 1 unspecified atom stereocenters. The summed E-state index contributed by atoms with van der Waals surface area (Å²) in [5.41, 5.74) is 3.23. The molecule has 0 aliphatic heterocycles. The molecule has 1 atom stereocenters. The van der Waals surface area contributed by atoms with Gasteiger partial charge in [0.1, 0.15) is 0 Å². The van der Waals surface area contributed by atoms with Crippen molar-refractivity contribution in [3.8, 4) is 11.5 Å². The van der Waals surface area contributed by atoms with Gasteiger partial charge in [0.05, 0.1) is 26.0 Å². The number of benzene rings is 2. The van der Waals surface area contributed by atoms with Crippen molar-refractivity contribution in [2.24, 2.45) is 0 Å². The fraction of sp³-hybridized carbons (Fsp3) is 0.190. The summed E-state index contributed by atoms with van der Waals surface area (Å²) >= 11 is 3.62. The van der Waals surface area contributed by atoms with Gasteiger partial charge in [-0.3, -0.25) is 4.98 Å². The SMILES string of the molecule is COc1cc(Br)c(CNC(c2ccccc2)c2ccccn2)cc1OC.Cl. The molecule has 27 heavy (non-hydrogen) atoms. The Balaban J connectivity index is 0.00000261. The number of methoxy groups -OCH3 is 2. The Morgan fingerprint density at radius 3 is 2.26 bits per heavy atom. The van der Waals surface area contributed by atoms with Gasteiger partial charge in [-0.25, -0.2) is 0 Å². The molecule has 2 aromatic carbocycles. The number of halogens is 2. The van der Waals surface area contributed by atoms with Crippen molar-refractivity contribution < 1.29 is 9.47 Å². The Morgan fingerprint density at radius 2 is 1.63 bits per heavy atom. The van der Waals surface area contributed by atoms with Crippen LogP contribution in [0.25, 0.3) is 0 Å². The Labute approximate surface area is 174 Å². The molecule has 142 valence electrons. The molecule has 0 aliphatic carbocycles. The van der Waals surface area contributed by atoms with Gasteiger partial charge in [0.25, 0.3) is 0 Å². The molecule has 0 spiro atoms. The van der Waals surface area contributed by atoms with E-state index >= 15 is 0 Å².